The van der Waals surface area contributed by atoms with Crippen LogP contribution in [-0.2, 0) is 12.5 Å². The predicted molar refractivity (Wildman–Crippen MR) is 76.6 cm³/mol. The Balaban J connectivity index is 2.66. The number of hydrogen-bond donors (Lipinski definition) is 0. The zero-order valence-electron chi connectivity index (χ0n) is 12.6. The van der Waals surface area contributed by atoms with Gasteiger partial charge >= 0.3 is 0 Å². The minimum atomic E-state index is 0.203. The lowest BCUT2D eigenvalue weighted by Crippen LogP contribution is -2.26. The fourth-order valence-electron chi connectivity index (χ4n) is 2.70. The summed E-state index contributed by atoms with van der Waals surface area (Å²) in [5, 5.41) is 4.24. The summed E-state index contributed by atoms with van der Waals surface area (Å²) in [6, 6.07) is 0. The molecule has 0 aliphatic carbocycles. The maximum absolute atomic E-state index is 4.49. The highest BCUT2D eigenvalue weighted by atomic mass is 15.3. The molecule has 1 unspecified atom stereocenters. The molecule has 0 saturated carbocycles. The molecule has 0 aliphatic heterocycles. The van der Waals surface area contributed by atoms with E-state index in [1.807, 2.05) is 11.7 Å². The van der Waals surface area contributed by atoms with Gasteiger partial charge in [0.15, 0.2) is 0 Å². The van der Waals surface area contributed by atoms with Gasteiger partial charge < -0.3 is 0 Å². The van der Waals surface area contributed by atoms with Crippen LogP contribution in [0, 0.1) is 0 Å². The molecule has 3 heteroatoms. The Labute approximate surface area is 112 Å². The lowest BCUT2D eigenvalue weighted by Gasteiger charge is -2.28. The van der Waals surface area contributed by atoms with Gasteiger partial charge in [0, 0.05) is 12.5 Å². The van der Waals surface area contributed by atoms with E-state index in [4.69, 9.17) is 0 Å². The van der Waals surface area contributed by atoms with Crippen LogP contribution in [0.3, 0.4) is 0 Å². The highest BCUT2D eigenvalue weighted by Gasteiger charge is 2.29. The Morgan fingerprint density at radius 3 is 2.28 bits per heavy atom. The summed E-state index contributed by atoms with van der Waals surface area (Å²) in [4.78, 5) is 4.49. The molecule has 0 fully saturated rings. The molecule has 0 spiro atoms. The smallest absolute Gasteiger partial charge is 0.138 e. The molecule has 104 valence electrons. The standard InChI is InChI=1S/C15H29N3/c1-5-7-9-10-12-15(3,11-8-6-2)14-16-13-17-18(14)4/h13H,5-12H2,1-4H3. The second kappa shape index (κ2) is 7.55. The van der Waals surface area contributed by atoms with Gasteiger partial charge in [0.1, 0.15) is 12.2 Å². The quantitative estimate of drug-likeness (QED) is 0.615. The first-order valence-corrected chi connectivity index (χ1v) is 7.48. The Morgan fingerprint density at radius 2 is 1.72 bits per heavy atom. The molecular weight excluding hydrogens is 222 g/mol. The topological polar surface area (TPSA) is 30.7 Å². The van der Waals surface area contributed by atoms with Crippen LogP contribution >= 0.6 is 0 Å². The van der Waals surface area contributed by atoms with Crippen LogP contribution in [0.15, 0.2) is 6.33 Å². The molecule has 1 heterocycles. The van der Waals surface area contributed by atoms with Crippen molar-refractivity contribution >= 4 is 0 Å². The van der Waals surface area contributed by atoms with E-state index >= 15 is 0 Å². The van der Waals surface area contributed by atoms with Crippen molar-refractivity contribution in [3.8, 4) is 0 Å². The van der Waals surface area contributed by atoms with E-state index in [-0.39, 0.29) is 5.41 Å². The maximum atomic E-state index is 4.49. The van der Waals surface area contributed by atoms with Crippen molar-refractivity contribution in [1.29, 1.82) is 0 Å². The molecule has 0 aromatic carbocycles. The average Bonchev–Trinajstić information content (AvgIpc) is 2.79. The summed E-state index contributed by atoms with van der Waals surface area (Å²) in [7, 11) is 2.01. The number of hydrogen-bond acceptors (Lipinski definition) is 2. The van der Waals surface area contributed by atoms with Crippen molar-refractivity contribution < 1.29 is 0 Å². The Bertz CT molecular complexity index is 332. The number of nitrogens with zero attached hydrogens (tertiary/aromatic N) is 3. The van der Waals surface area contributed by atoms with Crippen molar-refractivity contribution in [1.82, 2.24) is 14.8 Å². The lowest BCUT2D eigenvalue weighted by molar-refractivity contribution is 0.338. The Kier molecular flexibility index (Phi) is 6.37. The van der Waals surface area contributed by atoms with E-state index in [2.05, 4.69) is 30.9 Å². The molecule has 1 aromatic heterocycles. The van der Waals surface area contributed by atoms with Gasteiger partial charge in [0.2, 0.25) is 0 Å². The zero-order chi connectivity index (χ0) is 13.4. The number of aryl methyl sites for hydroxylation is 1. The van der Waals surface area contributed by atoms with Gasteiger partial charge in [-0.1, -0.05) is 59.3 Å². The molecule has 1 atom stereocenters. The van der Waals surface area contributed by atoms with Crippen molar-refractivity contribution in [2.45, 2.75) is 77.6 Å². The first-order valence-electron chi connectivity index (χ1n) is 7.48. The van der Waals surface area contributed by atoms with Crippen molar-refractivity contribution in [2.75, 3.05) is 0 Å². The predicted octanol–water partition coefficient (Wildman–Crippen LogP) is 4.23. The third-order valence-electron chi connectivity index (χ3n) is 3.92. The van der Waals surface area contributed by atoms with Gasteiger partial charge in [-0.05, 0) is 12.8 Å². The van der Waals surface area contributed by atoms with Gasteiger partial charge in [-0.2, -0.15) is 5.10 Å². The van der Waals surface area contributed by atoms with Crippen LogP contribution < -0.4 is 0 Å². The monoisotopic (exact) mass is 251 g/mol. The van der Waals surface area contributed by atoms with Crippen LogP contribution in [-0.4, -0.2) is 14.8 Å². The number of rotatable bonds is 9. The molecule has 0 amide bonds. The molecule has 18 heavy (non-hydrogen) atoms. The van der Waals surface area contributed by atoms with Crippen LogP contribution in [0.5, 0.6) is 0 Å². The van der Waals surface area contributed by atoms with E-state index in [1.165, 1.54) is 51.4 Å². The summed E-state index contributed by atoms with van der Waals surface area (Å²) in [5.74, 6) is 1.16. The van der Waals surface area contributed by atoms with Gasteiger partial charge in [-0.3, -0.25) is 4.68 Å². The van der Waals surface area contributed by atoms with E-state index < -0.39 is 0 Å². The molecule has 0 aliphatic rings. The van der Waals surface area contributed by atoms with Crippen LogP contribution in [0.25, 0.3) is 0 Å². The van der Waals surface area contributed by atoms with E-state index in [9.17, 15) is 0 Å². The first-order chi connectivity index (χ1) is 8.64. The first kappa shape index (κ1) is 15.2. The summed E-state index contributed by atoms with van der Waals surface area (Å²) in [6.45, 7) is 6.88. The summed E-state index contributed by atoms with van der Waals surface area (Å²) < 4.78 is 1.95. The highest BCUT2D eigenvalue weighted by Crippen LogP contribution is 2.33. The fourth-order valence-corrected chi connectivity index (χ4v) is 2.70. The third kappa shape index (κ3) is 4.11. The molecule has 0 radical (unpaired) electrons. The maximum Gasteiger partial charge on any atom is 0.138 e. The summed E-state index contributed by atoms with van der Waals surface area (Å²) in [5.41, 5.74) is 0.203. The minimum absolute atomic E-state index is 0.203. The van der Waals surface area contributed by atoms with Gasteiger partial charge in [0.05, 0.1) is 0 Å². The van der Waals surface area contributed by atoms with Gasteiger partial charge in [-0.25, -0.2) is 4.98 Å². The van der Waals surface area contributed by atoms with Crippen molar-refractivity contribution in [3.05, 3.63) is 12.2 Å². The largest absolute Gasteiger partial charge is 0.253 e. The SMILES string of the molecule is CCCCCCC(C)(CCCC)c1ncnn1C. The number of aromatic nitrogens is 3. The lowest BCUT2D eigenvalue weighted by atomic mass is 9.79. The Morgan fingerprint density at radius 1 is 1.06 bits per heavy atom. The fraction of sp³-hybridized carbons (Fsp3) is 0.867. The zero-order valence-corrected chi connectivity index (χ0v) is 12.6. The van der Waals surface area contributed by atoms with Gasteiger partial charge in [0.25, 0.3) is 0 Å². The highest BCUT2D eigenvalue weighted by molar-refractivity contribution is 5.05. The Hall–Kier alpha value is -0.860. The second-order valence-corrected chi connectivity index (χ2v) is 5.68. The summed E-state index contributed by atoms with van der Waals surface area (Å²) >= 11 is 0. The van der Waals surface area contributed by atoms with Crippen LogP contribution in [0.2, 0.25) is 0 Å². The minimum Gasteiger partial charge on any atom is -0.253 e. The second-order valence-electron chi connectivity index (χ2n) is 5.68. The normalized spacial score (nSPS) is 14.7. The molecule has 0 bridgehead atoms. The van der Waals surface area contributed by atoms with E-state index in [0.717, 1.165) is 5.82 Å². The van der Waals surface area contributed by atoms with Gasteiger partial charge in [-0.15, -0.1) is 0 Å². The molecular formula is C15H29N3. The van der Waals surface area contributed by atoms with E-state index in [0.29, 0.717) is 0 Å². The molecule has 0 N–H and O–H groups in total. The number of unbranched alkanes of at least 4 members (excludes halogenated alkanes) is 4. The molecule has 1 aromatic rings. The molecule has 0 saturated heterocycles. The van der Waals surface area contributed by atoms with Crippen molar-refractivity contribution in [2.24, 2.45) is 7.05 Å². The van der Waals surface area contributed by atoms with E-state index in [1.54, 1.807) is 6.33 Å². The summed E-state index contributed by atoms with van der Waals surface area (Å²) in [6.07, 6.45) is 12.0. The third-order valence-corrected chi connectivity index (χ3v) is 3.92. The molecule has 1 rings (SSSR count). The van der Waals surface area contributed by atoms with Crippen LogP contribution in [0.1, 0.15) is 78.0 Å². The average molecular weight is 251 g/mol. The van der Waals surface area contributed by atoms with Crippen molar-refractivity contribution in [3.63, 3.8) is 0 Å². The molecule has 3 nitrogen and oxygen atoms in total. The van der Waals surface area contributed by atoms with Crippen LogP contribution in [0.4, 0.5) is 0 Å².